The van der Waals surface area contributed by atoms with E-state index < -0.39 is 5.97 Å². The van der Waals surface area contributed by atoms with E-state index >= 15 is 0 Å². The standard InChI is InChI=1S/C28H25N5O3S2/c1-36-27(35)23-19-12-11-17(16-7-3-2-4-8-16)15-21(19)38-26(23)30-22(34)13-14-37-28-31-25-24(32-33-28)18-9-5-6-10-20(18)29-25/h2-10,17H,11-15H2,1H3,(H,30,34)(H,29,31,33). The highest BCUT2D eigenvalue weighted by Crippen LogP contribution is 2.42. The first-order valence-electron chi connectivity index (χ1n) is 12.4. The van der Waals surface area contributed by atoms with E-state index in [0.29, 0.717) is 33.0 Å². The Kier molecular flexibility index (Phi) is 6.82. The van der Waals surface area contributed by atoms with Crippen molar-refractivity contribution < 1.29 is 14.3 Å². The molecule has 10 heteroatoms. The third-order valence-electron chi connectivity index (χ3n) is 6.84. The van der Waals surface area contributed by atoms with Crippen molar-refractivity contribution in [2.75, 3.05) is 18.2 Å². The Morgan fingerprint density at radius 1 is 1.13 bits per heavy atom. The molecule has 0 aliphatic heterocycles. The number of carbonyl (C=O) groups excluding carboxylic acids is 2. The van der Waals surface area contributed by atoms with Gasteiger partial charge in [0.15, 0.2) is 5.65 Å². The monoisotopic (exact) mass is 543 g/mol. The Bertz CT molecular complexity index is 1650. The number of nitrogens with one attached hydrogen (secondary N) is 2. The van der Waals surface area contributed by atoms with Crippen LogP contribution in [-0.4, -0.2) is 44.9 Å². The molecule has 38 heavy (non-hydrogen) atoms. The Morgan fingerprint density at radius 2 is 1.95 bits per heavy atom. The van der Waals surface area contributed by atoms with Gasteiger partial charge in [-0.1, -0.05) is 60.3 Å². The average molecular weight is 544 g/mol. The van der Waals surface area contributed by atoms with Crippen LogP contribution in [0.5, 0.6) is 0 Å². The van der Waals surface area contributed by atoms with Gasteiger partial charge in [-0.05, 0) is 42.4 Å². The summed E-state index contributed by atoms with van der Waals surface area (Å²) in [5.74, 6) is 0.307. The molecule has 1 aliphatic carbocycles. The van der Waals surface area contributed by atoms with Crippen LogP contribution in [0.1, 0.15) is 45.1 Å². The van der Waals surface area contributed by atoms with E-state index in [2.05, 4.69) is 49.7 Å². The average Bonchev–Trinajstić information content (AvgIpc) is 3.50. The molecule has 3 heterocycles. The van der Waals surface area contributed by atoms with Crippen molar-refractivity contribution in [1.82, 2.24) is 20.2 Å². The molecule has 0 saturated carbocycles. The third-order valence-corrected chi connectivity index (χ3v) is 8.85. The molecule has 2 N–H and O–H groups in total. The topological polar surface area (TPSA) is 110 Å². The van der Waals surface area contributed by atoms with Crippen LogP contribution in [0.15, 0.2) is 59.8 Å². The van der Waals surface area contributed by atoms with Crippen LogP contribution >= 0.6 is 23.1 Å². The maximum atomic E-state index is 12.9. The molecule has 1 aliphatic rings. The Balaban J connectivity index is 1.13. The second-order valence-electron chi connectivity index (χ2n) is 9.16. The fraction of sp³-hybridized carbons (Fsp3) is 0.250. The first-order valence-corrected chi connectivity index (χ1v) is 14.2. The second kappa shape index (κ2) is 10.5. The fourth-order valence-electron chi connectivity index (χ4n) is 4.99. The van der Waals surface area contributed by atoms with E-state index in [0.717, 1.165) is 46.1 Å². The molecule has 0 saturated heterocycles. The molecule has 0 bridgehead atoms. The number of esters is 1. The predicted octanol–water partition coefficient (Wildman–Crippen LogP) is 5.75. The van der Waals surface area contributed by atoms with Crippen molar-refractivity contribution >= 4 is 62.0 Å². The number of H-pyrrole nitrogens is 1. The number of methoxy groups -OCH3 is 1. The predicted molar refractivity (Wildman–Crippen MR) is 150 cm³/mol. The summed E-state index contributed by atoms with van der Waals surface area (Å²) in [6.07, 6.45) is 2.83. The molecule has 1 unspecified atom stereocenters. The van der Waals surface area contributed by atoms with Gasteiger partial charge in [0, 0.05) is 28.0 Å². The zero-order valence-corrected chi connectivity index (χ0v) is 22.3. The molecule has 3 aromatic heterocycles. The number of hydrogen-bond donors (Lipinski definition) is 2. The molecule has 5 aromatic rings. The lowest BCUT2D eigenvalue weighted by molar-refractivity contribution is -0.115. The smallest absolute Gasteiger partial charge is 0.341 e. The van der Waals surface area contributed by atoms with Gasteiger partial charge in [-0.3, -0.25) is 4.79 Å². The quantitative estimate of drug-likeness (QED) is 0.199. The van der Waals surface area contributed by atoms with Gasteiger partial charge in [-0.2, -0.15) is 0 Å². The molecule has 1 atom stereocenters. The van der Waals surface area contributed by atoms with Crippen LogP contribution in [0, 0.1) is 0 Å². The fourth-order valence-corrected chi connectivity index (χ4v) is 7.05. The summed E-state index contributed by atoms with van der Waals surface area (Å²) >= 11 is 2.86. The number of amides is 1. The summed E-state index contributed by atoms with van der Waals surface area (Å²) in [6, 6.07) is 18.3. The molecule has 192 valence electrons. The highest BCUT2D eigenvalue weighted by Gasteiger charge is 2.30. The van der Waals surface area contributed by atoms with Crippen molar-refractivity contribution in [3.63, 3.8) is 0 Å². The summed E-state index contributed by atoms with van der Waals surface area (Å²) in [6.45, 7) is 0. The van der Waals surface area contributed by atoms with Gasteiger partial charge >= 0.3 is 5.97 Å². The molecule has 6 rings (SSSR count). The largest absolute Gasteiger partial charge is 0.465 e. The van der Waals surface area contributed by atoms with Gasteiger partial charge in [0.1, 0.15) is 10.5 Å². The zero-order chi connectivity index (χ0) is 26.1. The third kappa shape index (κ3) is 4.77. The SMILES string of the molecule is COC(=O)c1c(NC(=O)CCSc2nnc3c(n2)[nH]c2ccccc23)sc2c1CCC(c1ccccc1)C2. The van der Waals surface area contributed by atoms with Crippen molar-refractivity contribution in [3.8, 4) is 0 Å². The maximum Gasteiger partial charge on any atom is 0.341 e. The molecule has 2 aromatic carbocycles. The van der Waals surface area contributed by atoms with Gasteiger partial charge in [-0.15, -0.1) is 21.5 Å². The summed E-state index contributed by atoms with van der Waals surface area (Å²) < 4.78 is 5.08. The number of hydrogen-bond acceptors (Lipinski definition) is 8. The van der Waals surface area contributed by atoms with E-state index in [4.69, 9.17) is 4.74 Å². The number of carbonyl (C=O) groups is 2. The number of para-hydroxylation sites is 1. The number of aromatic amines is 1. The van der Waals surface area contributed by atoms with Crippen LogP contribution in [0.4, 0.5) is 5.00 Å². The minimum absolute atomic E-state index is 0.166. The van der Waals surface area contributed by atoms with E-state index in [1.807, 2.05) is 30.3 Å². The van der Waals surface area contributed by atoms with Gasteiger partial charge in [0.25, 0.3) is 0 Å². The number of nitrogens with zero attached hydrogens (tertiary/aromatic N) is 3. The van der Waals surface area contributed by atoms with E-state index in [1.165, 1.54) is 35.8 Å². The van der Waals surface area contributed by atoms with Crippen LogP contribution in [0.2, 0.25) is 0 Å². The lowest BCUT2D eigenvalue weighted by atomic mass is 9.83. The van der Waals surface area contributed by atoms with Crippen LogP contribution in [-0.2, 0) is 22.4 Å². The number of rotatable bonds is 7. The molecule has 0 fully saturated rings. The van der Waals surface area contributed by atoms with Crippen LogP contribution in [0.25, 0.3) is 22.1 Å². The van der Waals surface area contributed by atoms with Crippen LogP contribution < -0.4 is 5.32 Å². The Hall–Kier alpha value is -3.76. The number of fused-ring (bicyclic) bond motifs is 4. The highest BCUT2D eigenvalue weighted by atomic mass is 32.2. The second-order valence-corrected chi connectivity index (χ2v) is 11.3. The van der Waals surface area contributed by atoms with Crippen LogP contribution in [0.3, 0.4) is 0 Å². The number of ether oxygens (including phenoxy) is 1. The number of benzene rings is 2. The van der Waals surface area contributed by atoms with Crippen molar-refractivity contribution in [2.24, 2.45) is 0 Å². The number of thioether (sulfide) groups is 1. The molecular formula is C28H25N5O3S2. The van der Waals surface area contributed by atoms with Crippen molar-refractivity contribution in [1.29, 1.82) is 0 Å². The number of thiophene rings is 1. The maximum absolute atomic E-state index is 12.9. The minimum Gasteiger partial charge on any atom is -0.465 e. The Morgan fingerprint density at radius 3 is 2.79 bits per heavy atom. The van der Waals surface area contributed by atoms with Gasteiger partial charge in [0.05, 0.1) is 12.7 Å². The van der Waals surface area contributed by atoms with Crippen molar-refractivity contribution in [3.05, 3.63) is 76.2 Å². The number of anilines is 1. The zero-order valence-electron chi connectivity index (χ0n) is 20.7. The first kappa shape index (κ1) is 24.6. The first-order chi connectivity index (χ1) is 18.6. The van der Waals surface area contributed by atoms with E-state index in [1.54, 1.807) is 0 Å². The van der Waals surface area contributed by atoms with Gasteiger partial charge < -0.3 is 15.0 Å². The van der Waals surface area contributed by atoms with Crippen molar-refractivity contribution in [2.45, 2.75) is 36.8 Å². The highest BCUT2D eigenvalue weighted by molar-refractivity contribution is 7.99. The lowest BCUT2D eigenvalue weighted by Crippen LogP contribution is -2.16. The van der Waals surface area contributed by atoms with Gasteiger partial charge in [-0.25, -0.2) is 9.78 Å². The van der Waals surface area contributed by atoms with Gasteiger partial charge in [0.2, 0.25) is 11.1 Å². The summed E-state index contributed by atoms with van der Waals surface area (Å²) in [7, 11) is 1.38. The molecule has 0 spiro atoms. The molecule has 0 radical (unpaired) electrons. The molecule has 1 amide bonds. The number of aromatic nitrogens is 4. The summed E-state index contributed by atoms with van der Waals surface area (Å²) in [5, 5.41) is 13.6. The van der Waals surface area contributed by atoms with E-state index in [-0.39, 0.29) is 12.3 Å². The lowest BCUT2D eigenvalue weighted by Gasteiger charge is -2.22. The molecule has 8 nitrogen and oxygen atoms in total. The minimum atomic E-state index is -0.406. The Labute approximate surface area is 227 Å². The summed E-state index contributed by atoms with van der Waals surface area (Å²) in [4.78, 5) is 34.5. The summed E-state index contributed by atoms with van der Waals surface area (Å²) in [5.41, 5.74) is 5.17. The van der Waals surface area contributed by atoms with E-state index in [9.17, 15) is 9.59 Å². The normalized spacial score (nSPS) is 14.9. The molecular weight excluding hydrogens is 518 g/mol.